The molecule has 0 radical (unpaired) electrons. The maximum Gasteiger partial charge on any atom is 0.352 e. The second-order valence-corrected chi connectivity index (χ2v) is 4.64. The molecule has 4 nitrogen and oxygen atoms in total. The number of halogens is 2. The zero-order chi connectivity index (χ0) is 11.9. The number of carboxylic acid groups (broad SMARTS) is 1. The molecule has 0 saturated carbocycles. The summed E-state index contributed by atoms with van der Waals surface area (Å²) in [4.78, 5) is 22.3. The summed E-state index contributed by atoms with van der Waals surface area (Å²) in [6, 6.07) is 5.03. The van der Waals surface area contributed by atoms with Crippen LogP contribution in [0.2, 0.25) is 0 Å². The minimum absolute atomic E-state index is 0.221. The SMILES string of the molecule is O=C(O)c1c(Br)c2c(Br)cccc2oc1=O. The Morgan fingerprint density at radius 1 is 1.31 bits per heavy atom. The minimum atomic E-state index is -1.32. The van der Waals surface area contributed by atoms with E-state index >= 15 is 0 Å². The van der Waals surface area contributed by atoms with Gasteiger partial charge in [-0.3, -0.25) is 0 Å². The van der Waals surface area contributed by atoms with E-state index in [9.17, 15) is 9.59 Å². The number of hydrogen-bond acceptors (Lipinski definition) is 3. The minimum Gasteiger partial charge on any atom is -0.477 e. The highest BCUT2D eigenvalue weighted by Gasteiger charge is 2.19. The van der Waals surface area contributed by atoms with Crippen molar-refractivity contribution in [2.45, 2.75) is 0 Å². The Labute approximate surface area is 106 Å². The van der Waals surface area contributed by atoms with Crippen molar-refractivity contribution in [2.24, 2.45) is 0 Å². The van der Waals surface area contributed by atoms with E-state index in [2.05, 4.69) is 31.9 Å². The third-order valence-electron chi connectivity index (χ3n) is 2.04. The van der Waals surface area contributed by atoms with Gasteiger partial charge in [0.25, 0.3) is 0 Å². The van der Waals surface area contributed by atoms with Gasteiger partial charge in [0.1, 0.15) is 5.58 Å². The molecule has 0 bridgehead atoms. The third-order valence-corrected chi connectivity index (χ3v) is 3.49. The summed E-state index contributed by atoms with van der Waals surface area (Å²) in [5, 5.41) is 9.42. The van der Waals surface area contributed by atoms with Crippen molar-refractivity contribution in [3.05, 3.63) is 43.1 Å². The molecule has 2 rings (SSSR count). The molecule has 82 valence electrons. The van der Waals surface area contributed by atoms with E-state index in [0.29, 0.717) is 15.4 Å². The summed E-state index contributed by atoms with van der Waals surface area (Å²) in [5.74, 6) is -1.32. The van der Waals surface area contributed by atoms with Gasteiger partial charge in [0.2, 0.25) is 0 Å². The van der Waals surface area contributed by atoms with Gasteiger partial charge in [-0.2, -0.15) is 0 Å². The summed E-state index contributed by atoms with van der Waals surface area (Å²) in [5.41, 5.74) is -0.944. The Morgan fingerprint density at radius 3 is 2.62 bits per heavy atom. The maximum atomic E-state index is 11.4. The maximum absolute atomic E-state index is 11.4. The summed E-state index contributed by atoms with van der Waals surface area (Å²) in [6.45, 7) is 0. The van der Waals surface area contributed by atoms with Gasteiger partial charge in [0, 0.05) is 9.86 Å². The van der Waals surface area contributed by atoms with Gasteiger partial charge >= 0.3 is 11.6 Å². The molecule has 1 N–H and O–H groups in total. The van der Waals surface area contributed by atoms with Crippen LogP contribution < -0.4 is 5.63 Å². The fourth-order valence-electron chi connectivity index (χ4n) is 1.35. The largest absolute Gasteiger partial charge is 0.477 e. The lowest BCUT2D eigenvalue weighted by molar-refractivity contribution is 0.0691. The van der Waals surface area contributed by atoms with Gasteiger partial charge in [-0.05, 0) is 44.0 Å². The number of hydrogen-bond donors (Lipinski definition) is 1. The average Bonchev–Trinajstić information content (AvgIpc) is 2.15. The summed E-state index contributed by atoms with van der Waals surface area (Å²) in [7, 11) is 0. The Bertz CT molecular complexity index is 645. The first-order valence-corrected chi connectivity index (χ1v) is 5.75. The van der Waals surface area contributed by atoms with Crippen molar-refractivity contribution in [1.29, 1.82) is 0 Å². The van der Waals surface area contributed by atoms with Crippen LogP contribution in [-0.2, 0) is 0 Å². The molecule has 2 aromatic rings. The molecule has 0 saturated heterocycles. The topological polar surface area (TPSA) is 67.5 Å². The first-order valence-electron chi connectivity index (χ1n) is 4.16. The number of carboxylic acids is 1. The van der Waals surface area contributed by atoms with E-state index in [1.54, 1.807) is 18.2 Å². The molecule has 0 aliphatic carbocycles. The standard InChI is InChI=1S/C10H4Br2O4/c11-4-2-1-3-5-6(4)8(12)7(9(13)14)10(15)16-5/h1-3H,(H,13,14). The van der Waals surface area contributed by atoms with E-state index in [-0.39, 0.29) is 4.47 Å². The lowest BCUT2D eigenvalue weighted by Gasteiger charge is -2.04. The predicted molar refractivity (Wildman–Crippen MR) is 64.8 cm³/mol. The second kappa shape index (κ2) is 4.03. The van der Waals surface area contributed by atoms with Gasteiger partial charge in [0.15, 0.2) is 5.56 Å². The van der Waals surface area contributed by atoms with Crippen LogP contribution in [0, 0.1) is 0 Å². The van der Waals surface area contributed by atoms with Crippen LogP contribution in [0.15, 0.2) is 36.4 Å². The van der Waals surface area contributed by atoms with Crippen LogP contribution in [0.3, 0.4) is 0 Å². The van der Waals surface area contributed by atoms with Crippen molar-refractivity contribution in [3.63, 3.8) is 0 Å². The van der Waals surface area contributed by atoms with Gasteiger partial charge in [-0.25, -0.2) is 9.59 Å². The Kier molecular flexibility index (Phi) is 2.86. The van der Waals surface area contributed by atoms with Crippen molar-refractivity contribution in [1.82, 2.24) is 0 Å². The smallest absolute Gasteiger partial charge is 0.352 e. The zero-order valence-electron chi connectivity index (χ0n) is 7.66. The normalized spacial score (nSPS) is 10.6. The molecule has 0 amide bonds. The van der Waals surface area contributed by atoms with Crippen molar-refractivity contribution < 1.29 is 14.3 Å². The highest BCUT2D eigenvalue weighted by molar-refractivity contribution is 9.11. The molecule has 0 unspecified atom stereocenters. The number of fused-ring (bicyclic) bond motifs is 1. The average molecular weight is 348 g/mol. The molecule has 1 aromatic carbocycles. The van der Waals surface area contributed by atoms with Crippen molar-refractivity contribution >= 4 is 48.8 Å². The second-order valence-electron chi connectivity index (χ2n) is 3.00. The van der Waals surface area contributed by atoms with Crippen LogP contribution in [0.1, 0.15) is 10.4 Å². The van der Waals surface area contributed by atoms with Crippen molar-refractivity contribution in [2.75, 3.05) is 0 Å². The van der Waals surface area contributed by atoms with E-state index in [4.69, 9.17) is 9.52 Å². The van der Waals surface area contributed by atoms with E-state index < -0.39 is 17.2 Å². The first-order chi connectivity index (χ1) is 7.52. The molecule has 0 aliphatic rings. The molecule has 16 heavy (non-hydrogen) atoms. The van der Waals surface area contributed by atoms with Gasteiger partial charge in [-0.15, -0.1) is 0 Å². The van der Waals surface area contributed by atoms with Crippen LogP contribution in [0.4, 0.5) is 0 Å². The quantitative estimate of drug-likeness (QED) is 0.805. The van der Waals surface area contributed by atoms with Crippen LogP contribution in [0.5, 0.6) is 0 Å². The number of carbonyl (C=O) groups is 1. The Hall–Kier alpha value is -1.14. The Morgan fingerprint density at radius 2 is 2.00 bits per heavy atom. The molecule has 0 spiro atoms. The van der Waals surface area contributed by atoms with Crippen LogP contribution in [0.25, 0.3) is 11.0 Å². The molecular weight excluding hydrogens is 344 g/mol. The predicted octanol–water partition coefficient (Wildman–Crippen LogP) is 3.02. The molecule has 0 aliphatic heterocycles. The number of aromatic carboxylic acids is 1. The van der Waals surface area contributed by atoms with Gasteiger partial charge in [0.05, 0.1) is 4.47 Å². The lowest BCUT2D eigenvalue weighted by Crippen LogP contribution is -2.14. The summed E-state index contributed by atoms with van der Waals surface area (Å²) >= 11 is 6.38. The van der Waals surface area contributed by atoms with Gasteiger partial charge in [-0.1, -0.05) is 6.07 Å². The molecule has 0 fully saturated rings. The number of benzene rings is 1. The highest BCUT2D eigenvalue weighted by Crippen LogP contribution is 2.31. The Balaban J connectivity index is 3.03. The monoisotopic (exact) mass is 346 g/mol. The molecule has 1 heterocycles. The fourth-order valence-corrected chi connectivity index (χ4v) is 2.90. The first kappa shape index (κ1) is 11.3. The fraction of sp³-hybridized carbons (Fsp3) is 0. The molecule has 6 heteroatoms. The zero-order valence-corrected chi connectivity index (χ0v) is 10.8. The van der Waals surface area contributed by atoms with Crippen LogP contribution in [-0.4, -0.2) is 11.1 Å². The van der Waals surface area contributed by atoms with E-state index in [0.717, 1.165) is 0 Å². The lowest BCUT2D eigenvalue weighted by atomic mass is 10.2. The van der Waals surface area contributed by atoms with Crippen LogP contribution >= 0.6 is 31.9 Å². The summed E-state index contributed by atoms with van der Waals surface area (Å²) in [6.07, 6.45) is 0. The van der Waals surface area contributed by atoms with Gasteiger partial charge < -0.3 is 9.52 Å². The van der Waals surface area contributed by atoms with Crippen molar-refractivity contribution in [3.8, 4) is 0 Å². The highest BCUT2D eigenvalue weighted by atomic mass is 79.9. The molecular formula is C10H4Br2O4. The number of rotatable bonds is 1. The third kappa shape index (κ3) is 1.68. The van der Waals surface area contributed by atoms with E-state index in [1.807, 2.05) is 0 Å². The molecule has 0 atom stereocenters. The van der Waals surface area contributed by atoms with E-state index in [1.165, 1.54) is 0 Å². The molecule has 1 aromatic heterocycles. The summed E-state index contributed by atoms with van der Waals surface area (Å²) < 4.78 is 5.80.